The molecule has 32 heavy (non-hydrogen) atoms. The van der Waals surface area contributed by atoms with E-state index in [4.69, 9.17) is 9.84 Å². The molecule has 7 nitrogen and oxygen atoms in total. The Morgan fingerprint density at radius 3 is 2.19 bits per heavy atom. The Hall–Kier alpha value is -3.35. The molecule has 1 fully saturated rings. The summed E-state index contributed by atoms with van der Waals surface area (Å²) in [6.07, 6.45) is 1.69. The maximum Gasteiger partial charge on any atom is 0.407 e. The van der Waals surface area contributed by atoms with Crippen LogP contribution in [-0.4, -0.2) is 53.2 Å². The summed E-state index contributed by atoms with van der Waals surface area (Å²) in [5, 5.41) is 11.9. The third kappa shape index (κ3) is 4.77. The van der Waals surface area contributed by atoms with Gasteiger partial charge in [-0.2, -0.15) is 0 Å². The maximum absolute atomic E-state index is 12.6. The molecule has 2 aliphatic rings. The monoisotopic (exact) mass is 436 g/mol. The van der Waals surface area contributed by atoms with Crippen LogP contribution in [0.3, 0.4) is 0 Å². The predicted octanol–water partition coefficient (Wildman–Crippen LogP) is 3.77. The Labute approximate surface area is 187 Å². The van der Waals surface area contributed by atoms with Crippen LogP contribution in [0.5, 0.6) is 0 Å². The minimum atomic E-state index is -1.03. The lowest BCUT2D eigenvalue weighted by atomic mass is 9.98. The second-order valence-electron chi connectivity index (χ2n) is 8.43. The first-order valence-corrected chi connectivity index (χ1v) is 11.1. The van der Waals surface area contributed by atoms with E-state index in [0.29, 0.717) is 6.42 Å². The van der Waals surface area contributed by atoms with Crippen molar-refractivity contribution in [2.75, 3.05) is 13.2 Å². The van der Waals surface area contributed by atoms with Gasteiger partial charge >= 0.3 is 12.1 Å². The van der Waals surface area contributed by atoms with Crippen molar-refractivity contribution in [3.63, 3.8) is 0 Å². The third-order valence-corrected chi connectivity index (χ3v) is 6.19. The Bertz CT molecular complexity index is 971. The lowest BCUT2D eigenvalue weighted by molar-refractivity contribution is -0.145. The summed E-state index contributed by atoms with van der Waals surface area (Å²) in [6.45, 7) is 1.78. The Morgan fingerprint density at radius 1 is 1.06 bits per heavy atom. The van der Waals surface area contributed by atoms with Gasteiger partial charge in [0, 0.05) is 24.4 Å². The van der Waals surface area contributed by atoms with Crippen LogP contribution in [0, 0.1) is 0 Å². The van der Waals surface area contributed by atoms with Gasteiger partial charge in [-0.15, -0.1) is 0 Å². The molecule has 2 aliphatic carbocycles. The fourth-order valence-corrected chi connectivity index (χ4v) is 4.39. The van der Waals surface area contributed by atoms with Gasteiger partial charge < -0.3 is 20.1 Å². The summed E-state index contributed by atoms with van der Waals surface area (Å²) in [6, 6.07) is 15.9. The van der Waals surface area contributed by atoms with Crippen LogP contribution >= 0.6 is 0 Å². The molecule has 168 valence electrons. The normalized spacial score (nSPS) is 15.4. The van der Waals surface area contributed by atoms with Crippen LogP contribution in [0.1, 0.15) is 49.7 Å². The molecule has 0 aliphatic heterocycles. The average molecular weight is 437 g/mol. The zero-order valence-corrected chi connectivity index (χ0v) is 18.1. The van der Waals surface area contributed by atoms with E-state index in [-0.39, 0.29) is 37.4 Å². The highest BCUT2D eigenvalue weighted by Crippen LogP contribution is 2.44. The molecule has 1 atom stereocenters. The lowest BCUT2D eigenvalue weighted by Crippen LogP contribution is -2.43. The van der Waals surface area contributed by atoms with Gasteiger partial charge in [0.2, 0.25) is 5.91 Å². The second kappa shape index (κ2) is 9.42. The van der Waals surface area contributed by atoms with Crippen molar-refractivity contribution < 1.29 is 24.2 Å². The number of hydrogen-bond donors (Lipinski definition) is 2. The molecule has 0 heterocycles. The zero-order chi connectivity index (χ0) is 22.7. The fourth-order valence-electron chi connectivity index (χ4n) is 4.39. The molecule has 0 unspecified atom stereocenters. The van der Waals surface area contributed by atoms with Crippen molar-refractivity contribution in [3.8, 4) is 11.1 Å². The van der Waals surface area contributed by atoms with E-state index < -0.39 is 18.1 Å². The van der Waals surface area contributed by atoms with E-state index in [0.717, 1.165) is 35.1 Å². The number of fused-ring (bicyclic) bond motifs is 3. The number of aliphatic carboxylic acids is 1. The third-order valence-electron chi connectivity index (χ3n) is 6.19. The Morgan fingerprint density at radius 2 is 1.66 bits per heavy atom. The standard InChI is InChI=1S/C25H28N2O5/c1-2-16(13-23(28)27(14-24(29)30)17-11-12-17)26-25(31)32-15-22-20-9-5-3-7-18(20)19-8-4-6-10-21(19)22/h3-10,16-17,22H,2,11-15H2,1H3,(H,26,31)(H,29,30)/t16-/m1/s1. The first-order chi connectivity index (χ1) is 15.5. The molecule has 1 saturated carbocycles. The SMILES string of the molecule is CC[C@H](CC(=O)N(CC(=O)O)C1CC1)NC(=O)OCC1c2ccccc2-c2ccccc21. The number of carbonyl (C=O) groups excluding carboxylic acids is 2. The van der Waals surface area contributed by atoms with E-state index in [9.17, 15) is 14.4 Å². The minimum Gasteiger partial charge on any atom is -0.480 e. The Kier molecular flexibility index (Phi) is 6.44. The van der Waals surface area contributed by atoms with Gasteiger partial charge in [-0.25, -0.2) is 4.79 Å². The number of nitrogens with one attached hydrogen (secondary N) is 1. The lowest BCUT2D eigenvalue weighted by Gasteiger charge is -2.24. The van der Waals surface area contributed by atoms with Crippen LogP contribution < -0.4 is 5.32 Å². The van der Waals surface area contributed by atoms with E-state index in [1.807, 2.05) is 31.2 Å². The molecule has 2 aromatic carbocycles. The fraction of sp³-hybridized carbons (Fsp3) is 0.400. The van der Waals surface area contributed by atoms with Crippen LogP contribution in [0.4, 0.5) is 4.79 Å². The van der Waals surface area contributed by atoms with E-state index in [1.165, 1.54) is 4.90 Å². The molecular weight excluding hydrogens is 408 g/mol. The van der Waals surface area contributed by atoms with Crippen LogP contribution in [0.2, 0.25) is 0 Å². The highest BCUT2D eigenvalue weighted by atomic mass is 16.5. The van der Waals surface area contributed by atoms with Crippen molar-refractivity contribution >= 4 is 18.0 Å². The molecule has 2 N–H and O–H groups in total. The number of rotatable bonds is 9. The number of carboxylic acid groups (broad SMARTS) is 1. The summed E-state index contributed by atoms with van der Waals surface area (Å²) in [5.74, 6) is -1.31. The largest absolute Gasteiger partial charge is 0.480 e. The van der Waals surface area contributed by atoms with Crippen molar-refractivity contribution in [1.82, 2.24) is 10.2 Å². The summed E-state index contributed by atoms with van der Waals surface area (Å²) >= 11 is 0. The van der Waals surface area contributed by atoms with Crippen molar-refractivity contribution in [3.05, 3.63) is 59.7 Å². The van der Waals surface area contributed by atoms with Gasteiger partial charge in [-0.1, -0.05) is 55.5 Å². The quantitative estimate of drug-likeness (QED) is 0.624. The van der Waals surface area contributed by atoms with Crippen LogP contribution in [0.25, 0.3) is 11.1 Å². The van der Waals surface area contributed by atoms with Gasteiger partial charge in [0.1, 0.15) is 13.2 Å². The average Bonchev–Trinajstić information content (AvgIpc) is 3.58. The number of hydrogen-bond acceptors (Lipinski definition) is 4. The first-order valence-electron chi connectivity index (χ1n) is 11.1. The number of ether oxygens (including phenoxy) is 1. The number of carbonyl (C=O) groups is 3. The van der Waals surface area contributed by atoms with Crippen LogP contribution in [-0.2, 0) is 14.3 Å². The van der Waals surface area contributed by atoms with Gasteiger partial charge in [0.25, 0.3) is 0 Å². The molecule has 0 bridgehead atoms. The van der Waals surface area contributed by atoms with E-state index in [1.54, 1.807) is 0 Å². The summed E-state index contributed by atoms with van der Waals surface area (Å²) in [7, 11) is 0. The Balaban J connectivity index is 1.35. The number of benzene rings is 2. The van der Waals surface area contributed by atoms with Gasteiger partial charge in [0.05, 0.1) is 0 Å². The molecule has 0 aromatic heterocycles. The second-order valence-corrected chi connectivity index (χ2v) is 8.43. The highest BCUT2D eigenvalue weighted by Gasteiger charge is 2.35. The smallest absolute Gasteiger partial charge is 0.407 e. The number of carboxylic acids is 1. The van der Waals surface area contributed by atoms with E-state index in [2.05, 4.69) is 29.6 Å². The maximum atomic E-state index is 12.6. The predicted molar refractivity (Wildman–Crippen MR) is 119 cm³/mol. The number of alkyl carbamates (subject to hydrolysis) is 1. The van der Waals surface area contributed by atoms with Gasteiger partial charge in [-0.05, 0) is 41.5 Å². The molecule has 2 aromatic rings. The zero-order valence-electron chi connectivity index (χ0n) is 18.1. The molecule has 0 spiro atoms. The summed E-state index contributed by atoms with van der Waals surface area (Å²) < 4.78 is 5.57. The van der Waals surface area contributed by atoms with Gasteiger partial charge in [0.15, 0.2) is 0 Å². The molecule has 0 radical (unpaired) electrons. The highest BCUT2D eigenvalue weighted by molar-refractivity contribution is 5.83. The molecule has 0 saturated heterocycles. The molecule has 7 heteroatoms. The molecular formula is C25H28N2O5. The van der Waals surface area contributed by atoms with E-state index >= 15 is 0 Å². The van der Waals surface area contributed by atoms with Crippen LogP contribution in [0.15, 0.2) is 48.5 Å². The summed E-state index contributed by atoms with van der Waals surface area (Å²) in [5.41, 5.74) is 4.59. The number of amides is 2. The summed E-state index contributed by atoms with van der Waals surface area (Å²) in [4.78, 5) is 37.6. The molecule has 2 amide bonds. The first kappa shape index (κ1) is 21.9. The minimum absolute atomic E-state index is 0.00515. The topological polar surface area (TPSA) is 95.9 Å². The number of nitrogens with zero attached hydrogens (tertiary/aromatic N) is 1. The van der Waals surface area contributed by atoms with Crippen molar-refractivity contribution in [2.45, 2.75) is 50.6 Å². The molecule has 4 rings (SSSR count). The van der Waals surface area contributed by atoms with Gasteiger partial charge in [-0.3, -0.25) is 9.59 Å². The van der Waals surface area contributed by atoms with Crippen molar-refractivity contribution in [1.29, 1.82) is 0 Å². The van der Waals surface area contributed by atoms with Crippen molar-refractivity contribution in [2.24, 2.45) is 0 Å².